The molecule has 0 atom stereocenters. The lowest BCUT2D eigenvalue weighted by molar-refractivity contribution is -0.140. The van der Waals surface area contributed by atoms with Gasteiger partial charge >= 0.3 is 11.9 Å². The van der Waals surface area contributed by atoms with E-state index in [9.17, 15) is 9.59 Å². The molecule has 0 fully saturated rings. The predicted molar refractivity (Wildman–Crippen MR) is 70.6 cm³/mol. The molecular weight excluding hydrogens is 252 g/mol. The first-order valence-electron chi connectivity index (χ1n) is 5.49. The third-order valence-corrected chi connectivity index (χ3v) is 3.37. The van der Waals surface area contributed by atoms with E-state index >= 15 is 0 Å². The molecule has 1 aromatic carbocycles. The molecule has 0 spiro atoms. The number of thioether (sulfide) groups is 1. The minimum atomic E-state index is -0.334. The Hall–Kier alpha value is -1.49. The highest BCUT2D eigenvalue weighted by Gasteiger charge is 2.10. The molecule has 1 rings (SSSR count). The molecule has 0 N–H and O–H groups in total. The van der Waals surface area contributed by atoms with Crippen molar-refractivity contribution in [3.05, 3.63) is 35.4 Å². The van der Waals surface area contributed by atoms with Crippen molar-refractivity contribution in [2.75, 3.05) is 20.0 Å². The van der Waals surface area contributed by atoms with Gasteiger partial charge in [-0.1, -0.05) is 18.2 Å². The number of benzene rings is 1. The molecule has 0 aromatic heterocycles. The molecule has 0 aliphatic heterocycles. The summed E-state index contributed by atoms with van der Waals surface area (Å²) in [6.07, 6.45) is 0.377. The van der Waals surface area contributed by atoms with Crippen LogP contribution in [0, 0.1) is 0 Å². The Bertz CT molecular complexity index is 417. The predicted octanol–water partition coefficient (Wildman–Crippen LogP) is 2.27. The normalized spacial score (nSPS) is 9.89. The number of hydrogen-bond acceptors (Lipinski definition) is 5. The van der Waals surface area contributed by atoms with E-state index in [2.05, 4.69) is 4.74 Å². The van der Waals surface area contributed by atoms with Crippen molar-refractivity contribution in [3.63, 3.8) is 0 Å². The van der Waals surface area contributed by atoms with Gasteiger partial charge in [0.15, 0.2) is 0 Å². The maximum absolute atomic E-state index is 11.5. The number of ether oxygens (including phenoxy) is 2. The average molecular weight is 268 g/mol. The SMILES string of the molecule is COC(=O)CCSCc1ccccc1C(=O)OC. The number of carbonyl (C=O) groups excluding carboxylic acids is 2. The van der Waals surface area contributed by atoms with Crippen LogP contribution in [-0.2, 0) is 20.0 Å². The lowest BCUT2D eigenvalue weighted by atomic mass is 10.1. The summed E-state index contributed by atoms with van der Waals surface area (Å²) in [5.74, 6) is 0.785. The van der Waals surface area contributed by atoms with Crippen molar-refractivity contribution in [1.29, 1.82) is 0 Å². The molecule has 0 aliphatic rings. The minimum absolute atomic E-state index is 0.219. The highest BCUT2D eigenvalue weighted by molar-refractivity contribution is 7.98. The van der Waals surface area contributed by atoms with Gasteiger partial charge in [-0.2, -0.15) is 11.8 Å². The first kappa shape index (κ1) is 14.6. The van der Waals surface area contributed by atoms with Crippen LogP contribution >= 0.6 is 11.8 Å². The third kappa shape index (κ3) is 4.41. The van der Waals surface area contributed by atoms with Gasteiger partial charge in [0.05, 0.1) is 26.2 Å². The van der Waals surface area contributed by atoms with Gasteiger partial charge in [0, 0.05) is 11.5 Å². The molecule has 0 amide bonds. The van der Waals surface area contributed by atoms with E-state index in [1.807, 2.05) is 12.1 Å². The van der Waals surface area contributed by atoms with E-state index < -0.39 is 0 Å². The van der Waals surface area contributed by atoms with E-state index in [1.54, 1.807) is 23.9 Å². The molecule has 0 saturated carbocycles. The van der Waals surface area contributed by atoms with Crippen LogP contribution < -0.4 is 0 Å². The molecule has 0 saturated heterocycles. The number of carbonyl (C=O) groups is 2. The van der Waals surface area contributed by atoms with Gasteiger partial charge in [0.25, 0.3) is 0 Å². The smallest absolute Gasteiger partial charge is 0.338 e. The first-order chi connectivity index (χ1) is 8.69. The Labute approximate surface area is 111 Å². The van der Waals surface area contributed by atoms with Crippen LogP contribution in [0.2, 0.25) is 0 Å². The van der Waals surface area contributed by atoms with Crippen LogP contribution in [0.25, 0.3) is 0 Å². The van der Waals surface area contributed by atoms with E-state index in [0.29, 0.717) is 23.5 Å². The van der Waals surface area contributed by atoms with Gasteiger partial charge in [-0.25, -0.2) is 4.79 Å². The lowest BCUT2D eigenvalue weighted by Gasteiger charge is -2.07. The summed E-state index contributed by atoms with van der Waals surface area (Å²) in [7, 11) is 2.74. The largest absolute Gasteiger partial charge is 0.469 e. The molecule has 18 heavy (non-hydrogen) atoms. The quantitative estimate of drug-likeness (QED) is 0.585. The van der Waals surface area contributed by atoms with Crippen LogP contribution in [0.5, 0.6) is 0 Å². The minimum Gasteiger partial charge on any atom is -0.469 e. The van der Waals surface area contributed by atoms with Crippen molar-refractivity contribution < 1.29 is 19.1 Å². The van der Waals surface area contributed by atoms with E-state index in [4.69, 9.17) is 4.74 Å². The second-order valence-corrected chi connectivity index (χ2v) is 4.63. The summed E-state index contributed by atoms with van der Waals surface area (Å²) in [6.45, 7) is 0. The van der Waals surface area contributed by atoms with E-state index in [1.165, 1.54) is 14.2 Å². The monoisotopic (exact) mass is 268 g/mol. The number of esters is 2. The molecule has 5 heteroatoms. The fourth-order valence-corrected chi connectivity index (χ4v) is 2.32. The summed E-state index contributed by atoms with van der Waals surface area (Å²) >= 11 is 1.58. The highest BCUT2D eigenvalue weighted by Crippen LogP contribution is 2.18. The average Bonchev–Trinajstić information content (AvgIpc) is 2.42. The Morgan fingerprint density at radius 3 is 2.56 bits per heavy atom. The van der Waals surface area contributed by atoms with Crippen LogP contribution in [0.4, 0.5) is 0 Å². The molecule has 4 nitrogen and oxygen atoms in total. The Balaban J connectivity index is 2.51. The second-order valence-electron chi connectivity index (χ2n) is 3.53. The van der Waals surface area contributed by atoms with Crippen molar-refractivity contribution in [2.45, 2.75) is 12.2 Å². The molecule has 0 radical (unpaired) electrons. The highest BCUT2D eigenvalue weighted by atomic mass is 32.2. The topological polar surface area (TPSA) is 52.6 Å². The molecule has 0 bridgehead atoms. The molecule has 98 valence electrons. The zero-order chi connectivity index (χ0) is 13.4. The van der Waals surface area contributed by atoms with Crippen molar-refractivity contribution in [3.8, 4) is 0 Å². The van der Waals surface area contributed by atoms with Crippen molar-refractivity contribution in [1.82, 2.24) is 0 Å². The Morgan fingerprint density at radius 2 is 1.89 bits per heavy atom. The number of methoxy groups -OCH3 is 2. The molecule has 0 aliphatic carbocycles. The second kappa shape index (κ2) is 7.76. The fourth-order valence-electron chi connectivity index (χ4n) is 1.39. The molecule has 0 heterocycles. The molecule has 1 aromatic rings. The van der Waals surface area contributed by atoms with Gasteiger partial charge < -0.3 is 9.47 Å². The van der Waals surface area contributed by atoms with Crippen LogP contribution in [0.3, 0.4) is 0 Å². The standard InChI is InChI=1S/C13H16O4S/c1-16-12(14)7-8-18-9-10-5-3-4-6-11(10)13(15)17-2/h3-6H,7-9H2,1-2H3. The molecule has 0 unspecified atom stereocenters. The van der Waals surface area contributed by atoms with Crippen molar-refractivity contribution in [2.24, 2.45) is 0 Å². The zero-order valence-corrected chi connectivity index (χ0v) is 11.3. The number of hydrogen-bond donors (Lipinski definition) is 0. The van der Waals surface area contributed by atoms with Crippen LogP contribution in [0.15, 0.2) is 24.3 Å². The van der Waals surface area contributed by atoms with Gasteiger partial charge in [0.1, 0.15) is 0 Å². The lowest BCUT2D eigenvalue weighted by Crippen LogP contribution is -2.05. The Morgan fingerprint density at radius 1 is 1.17 bits per heavy atom. The summed E-state index contributed by atoms with van der Waals surface area (Å²) in [4.78, 5) is 22.5. The van der Waals surface area contributed by atoms with Gasteiger partial charge in [-0.3, -0.25) is 4.79 Å². The third-order valence-electron chi connectivity index (χ3n) is 2.36. The van der Waals surface area contributed by atoms with Gasteiger partial charge in [0.2, 0.25) is 0 Å². The summed E-state index contributed by atoms with van der Waals surface area (Å²) < 4.78 is 9.27. The summed E-state index contributed by atoms with van der Waals surface area (Å²) in [5, 5.41) is 0. The van der Waals surface area contributed by atoms with Crippen LogP contribution in [0.1, 0.15) is 22.3 Å². The summed E-state index contributed by atoms with van der Waals surface area (Å²) in [6, 6.07) is 7.30. The summed E-state index contributed by atoms with van der Waals surface area (Å²) in [5.41, 5.74) is 1.49. The van der Waals surface area contributed by atoms with E-state index in [0.717, 1.165) is 5.56 Å². The first-order valence-corrected chi connectivity index (χ1v) is 6.65. The van der Waals surface area contributed by atoms with E-state index in [-0.39, 0.29) is 11.9 Å². The number of rotatable bonds is 6. The zero-order valence-electron chi connectivity index (χ0n) is 10.5. The Kier molecular flexibility index (Phi) is 6.28. The maximum atomic E-state index is 11.5. The fraction of sp³-hybridized carbons (Fsp3) is 0.385. The maximum Gasteiger partial charge on any atom is 0.338 e. The molecular formula is C13H16O4S. The van der Waals surface area contributed by atoms with Crippen LogP contribution in [-0.4, -0.2) is 31.9 Å². The van der Waals surface area contributed by atoms with Crippen molar-refractivity contribution >= 4 is 23.7 Å². The van der Waals surface area contributed by atoms with Gasteiger partial charge in [-0.15, -0.1) is 0 Å². The van der Waals surface area contributed by atoms with Gasteiger partial charge in [-0.05, 0) is 11.6 Å².